The van der Waals surface area contributed by atoms with Gasteiger partial charge < -0.3 is 10.2 Å². The second-order valence-corrected chi connectivity index (χ2v) is 6.47. The van der Waals surface area contributed by atoms with Crippen LogP contribution in [0.3, 0.4) is 0 Å². The summed E-state index contributed by atoms with van der Waals surface area (Å²) in [4.78, 5) is 19.3. The number of hydrogen-bond donors (Lipinski definition) is 1. The van der Waals surface area contributed by atoms with E-state index >= 15 is 0 Å². The van der Waals surface area contributed by atoms with Crippen LogP contribution in [0.4, 0.5) is 4.79 Å². The standard InChI is InChI=1S/C17H23N3OS/c1-13(15-7-5-4-6-8-15)11-18-17(21)20(3)10-9-16-14(2)19-12-22-16/h4-8,12-13H,9-11H2,1-3H3,(H,18,21)/t13-/m1/s1. The van der Waals surface area contributed by atoms with Crippen LogP contribution in [0.1, 0.15) is 29.0 Å². The molecule has 5 heteroatoms. The second kappa shape index (κ2) is 7.94. The van der Waals surface area contributed by atoms with Gasteiger partial charge in [0, 0.05) is 31.4 Å². The van der Waals surface area contributed by atoms with Gasteiger partial charge in [-0.1, -0.05) is 37.3 Å². The number of aryl methyl sites for hydroxylation is 1. The van der Waals surface area contributed by atoms with E-state index in [9.17, 15) is 4.79 Å². The molecular formula is C17H23N3OS. The van der Waals surface area contributed by atoms with Gasteiger partial charge in [-0.2, -0.15) is 0 Å². The van der Waals surface area contributed by atoms with E-state index in [4.69, 9.17) is 0 Å². The number of benzene rings is 1. The molecule has 4 nitrogen and oxygen atoms in total. The van der Waals surface area contributed by atoms with Crippen molar-refractivity contribution in [3.05, 3.63) is 52.0 Å². The van der Waals surface area contributed by atoms with Crippen molar-refractivity contribution in [2.75, 3.05) is 20.1 Å². The van der Waals surface area contributed by atoms with E-state index in [1.807, 2.05) is 37.7 Å². The normalized spacial score (nSPS) is 12.0. The van der Waals surface area contributed by atoms with E-state index in [2.05, 4.69) is 29.4 Å². The summed E-state index contributed by atoms with van der Waals surface area (Å²) in [6.45, 7) is 5.48. The van der Waals surface area contributed by atoms with Crippen molar-refractivity contribution in [2.45, 2.75) is 26.2 Å². The molecule has 1 heterocycles. The Balaban J connectivity index is 1.75. The molecule has 2 amide bonds. The topological polar surface area (TPSA) is 45.2 Å². The highest BCUT2D eigenvalue weighted by Gasteiger charge is 2.12. The zero-order chi connectivity index (χ0) is 15.9. The maximum Gasteiger partial charge on any atom is 0.317 e. The summed E-state index contributed by atoms with van der Waals surface area (Å²) in [5, 5.41) is 3.00. The van der Waals surface area contributed by atoms with Crippen LogP contribution in [0.5, 0.6) is 0 Å². The Morgan fingerprint density at radius 1 is 1.36 bits per heavy atom. The number of likely N-dealkylation sites (N-methyl/N-ethyl adjacent to an activating group) is 1. The summed E-state index contributed by atoms with van der Waals surface area (Å²) < 4.78 is 0. The first kappa shape index (κ1) is 16.5. The van der Waals surface area contributed by atoms with E-state index in [1.54, 1.807) is 16.2 Å². The summed E-state index contributed by atoms with van der Waals surface area (Å²) in [5.41, 5.74) is 4.16. The summed E-state index contributed by atoms with van der Waals surface area (Å²) in [7, 11) is 1.83. The number of rotatable bonds is 6. The van der Waals surface area contributed by atoms with Crippen LogP contribution in [-0.4, -0.2) is 36.1 Å². The highest BCUT2D eigenvalue weighted by atomic mass is 32.1. The fourth-order valence-corrected chi connectivity index (χ4v) is 2.98. The molecule has 0 aliphatic carbocycles. The molecule has 0 aliphatic rings. The van der Waals surface area contributed by atoms with E-state index in [-0.39, 0.29) is 6.03 Å². The lowest BCUT2D eigenvalue weighted by Crippen LogP contribution is -2.39. The molecule has 0 fully saturated rings. The molecule has 1 atom stereocenters. The smallest absolute Gasteiger partial charge is 0.317 e. The van der Waals surface area contributed by atoms with E-state index < -0.39 is 0 Å². The zero-order valence-electron chi connectivity index (χ0n) is 13.4. The first-order valence-electron chi connectivity index (χ1n) is 7.50. The molecule has 0 bridgehead atoms. The zero-order valence-corrected chi connectivity index (χ0v) is 14.2. The highest BCUT2D eigenvalue weighted by molar-refractivity contribution is 7.09. The van der Waals surface area contributed by atoms with Crippen molar-refractivity contribution in [1.29, 1.82) is 0 Å². The van der Waals surface area contributed by atoms with Crippen LogP contribution in [0, 0.1) is 6.92 Å². The van der Waals surface area contributed by atoms with Gasteiger partial charge in [-0.3, -0.25) is 0 Å². The third-order valence-electron chi connectivity index (χ3n) is 3.79. The maximum atomic E-state index is 12.1. The van der Waals surface area contributed by atoms with Crippen LogP contribution in [0.15, 0.2) is 35.8 Å². The lowest BCUT2D eigenvalue weighted by atomic mass is 10.0. The SMILES string of the molecule is Cc1ncsc1CCN(C)C(=O)NC[C@@H](C)c1ccccc1. The fourth-order valence-electron chi connectivity index (χ4n) is 2.21. The predicted molar refractivity (Wildman–Crippen MR) is 91.4 cm³/mol. The molecule has 1 aromatic heterocycles. The number of aromatic nitrogens is 1. The number of carbonyl (C=O) groups excluding carboxylic acids is 1. The number of nitrogens with one attached hydrogen (secondary N) is 1. The molecular weight excluding hydrogens is 294 g/mol. The molecule has 118 valence electrons. The Morgan fingerprint density at radius 2 is 2.09 bits per heavy atom. The lowest BCUT2D eigenvalue weighted by molar-refractivity contribution is 0.209. The third-order valence-corrected chi connectivity index (χ3v) is 4.79. The largest absolute Gasteiger partial charge is 0.337 e. The van der Waals surface area contributed by atoms with Crippen molar-refractivity contribution in [1.82, 2.24) is 15.2 Å². The second-order valence-electron chi connectivity index (χ2n) is 5.53. The van der Waals surface area contributed by atoms with Gasteiger partial charge in [0.1, 0.15) is 0 Å². The monoisotopic (exact) mass is 317 g/mol. The number of hydrogen-bond acceptors (Lipinski definition) is 3. The quantitative estimate of drug-likeness (QED) is 0.887. The van der Waals surface area contributed by atoms with Gasteiger partial charge in [0.25, 0.3) is 0 Å². The molecule has 1 aromatic carbocycles. The summed E-state index contributed by atoms with van der Waals surface area (Å²) in [6.07, 6.45) is 0.856. The van der Waals surface area contributed by atoms with Gasteiger partial charge in [0.05, 0.1) is 11.2 Å². The van der Waals surface area contributed by atoms with Crippen molar-refractivity contribution in [2.24, 2.45) is 0 Å². The minimum Gasteiger partial charge on any atom is -0.337 e. The minimum absolute atomic E-state index is 0.0232. The Morgan fingerprint density at radius 3 is 2.73 bits per heavy atom. The van der Waals surface area contributed by atoms with Crippen LogP contribution < -0.4 is 5.32 Å². The van der Waals surface area contributed by atoms with Crippen LogP contribution in [0.2, 0.25) is 0 Å². The van der Waals surface area contributed by atoms with Gasteiger partial charge in [0.15, 0.2) is 0 Å². The summed E-state index contributed by atoms with van der Waals surface area (Å²) >= 11 is 1.65. The van der Waals surface area contributed by atoms with Crippen molar-refractivity contribution in [3.63, 3.8) is 0 Å². The van der Waals surface area contributed by atoms with Crippen LogP contribution in [0.25, 0.3) is 0 Å². The summed E-state index contributed by atoms with van der Waals surface area (Å²) in [5.74, 6) is 0.308. The number of amides is 2. The van der Waals surface area contributed by atoms with Crippen LogP contribution >= 0.6 is 11.3 Å². The van der Waals surface area contributed by atoms with E-state index in [1.165, 1.54) is 10.4 Å². The van der Waals surface area contributed by atoms with E-state index in [0.717, 1.165) is 12.1 Å². The highest BCUT2D eigenvalue weighted by Crippen LogP contribution is 2.14. The Hall–Kier alpha value is -1.88. The molecule has 2 rings (SSSR count). The molecule has 22 heavy (non-hydrogen) atoms. The molecule has 0 radical (unpaired) electrons. The molecule has 0 spiro atoms. The molecule has 0 unspecified atom stereocenters. The molecule has 0 saturated heterocycles. The maximum absolute atomic E-state index is 12.1. The Kier molecular flexibility index (Phi) is 5.95. The average Bonchev–Trinajstić information content (AvgIpc) is 2.95. The molecule has 0 saturated carbocycles. The molecule has 1 N–H and O–H groups in total. The van der Waals surface area contributed by atoms with Crippen molar-refractivity contribution in [3.8, 4) is 0 Å². The van der Waals surface area contributed by atoms with Gasteiger partial charge in [-0.15, -0.1) is 11.3 Å². The van der Waals surface area contributed by atoms with Gasteiger partial charge in [0.2, 0.25) is 0 Å². The lowest BCUT2D eigenvalue weighted by Gasteiger charge is -2.20. The first-order chi connectivity index (χ1) is 10.6. The minimum atomic E-state index is -0.0232. The van der Waals surface area contributed by atoms with Gasteiger partial charge in [-0.05, 0) is 18.4 Å². The number of nitrogens with zero attached hydrogens (tertiary/aromatic N) is 2. The number of urea groups is 1. The third kappa shape index (κ3) is 4.56. The molecule has 0 aliphatic heterocycles. The van der Waals surface area contributed by atoms with E-state index in [0.29, 0.717) is 19.0 Å². The Bertz CT molecular complexity index is 597. The number of carbonyl (C=O) groups is 1. The Labute approximate surface area is 136 Å². The summed E-state index contributed by atoms with van der Waals surface area (Å²) in [6, 6.07) is 10.2. The molecule has 2 aromatic rings. The average molecular weight is 317 g/mol. The predicted octanol–water partition coefficient (Wildman–Crippen LogP) is 3.44. The van der Waals surface area contributed by atoms with Gasteiger partial charge in [-0.25, -0.2) is 9.78 Å². The van der Waals surface area contributed by atoms with Gasteiger partial charge >= 0.3 is 6.03 Å². The fraction of sp³-hybridized carbons (Fsp3) is 0.412. The van der Waals surface area contributed by atoms with Crippen LogP contribution in [-0.2, 0) is 6.42 Å². The van der Waals surface area contributed by atoms with Crippen molar-refractivity contribution < 1.29 is 4.79 Å². The number of thiazole rings is 1. The van der Waals surface area contributed by atoms with Crippen molar-refractivity contribution >= 4 is 17.4 Å². The first-order valence-corrected chi connectivity index (χ1v) is 8.38.